The molecule has 0 aliphatic carbocycles. The Kier molecular flexibility index (Phi) is 4.49. The average molecular weight is 303 g/mol. The van der Waals surface area contributed by atoms with Crippen LogP contribution in [-0.2, 0) is 15.7 Å². The van der Waals surface area contributed by atoms with Gasteiger partial charge < -0.3 is 14.5 Å². The van der Waals surface area contributed by atoms with E-state index in [0.29, 0.717) is 5.69 Å². The van der Waals surface area contributed by atoms with Crippen molar-refractivity contribution in [2.45, 2.75) is 19.4 Å². The predicted molar refractivity (Wildman–Crippen MR) is 69.2 cm³/mol. The normalized spacial score (nSPS) is 13.8. The fraction of sp³-hybridized carbons (Fsp3) is 0.455. The number of hydrogen-bond donors (Lipinski definition) is 2. The monoisotopic (exact) mass is 303 g/mol. The molecule has 110 valence electrons. The Morgan fingerprint density at radius 1 is 1.50 bits per heavy atom. The van der Waals surface area contributed by atoms with Gasteiger partial charge in [-0.2, -0.15) is 5.10 Å². The Labute approximate surface area is 114 Å². The van der Waals surface area contributed by atoms with Gasteiger partial charge in [0.25, 0.3) is 0 Å². The molecule has 7 nitrogen and oxygen atoms in total. The van der Waals surface area contributed by atoms with Gasteiger partial charge in [0.1, 0.15) is 19.3 Å². The van der Waals surface area contributed by atoms with Crippen LogP contribution >= 0.6 is 7.60 Å². The minimum absolute atomic E-state index is 0.168. The number of fused-ring (bicyclic) bond motifs is 1. The molecule has 2 heterocycles. The molecule has 0 saturated carbocycles. The minimum atomic E-state index is -4.30. The van der Waals surface area contributed by atoms with E-state index in [4.69, 9.17) is 14.5 Å². The van der Waals surface area contributed by atoms with E-state index in [0.717, 1.165) is 11.2 Å². The summed E-state index contributed by atoms with van der Waals surface area (Å²) in [6, 6.07) is 3.57. The van der Waals surface area contributed by atoms with Gasteiger partial charge in [0.15, 0.2) is 0 Å². The molecule has 0 aliphatic heterocycles. The SMILES string of the molecule is Cc1ncnn2c(CC(CF)OCP(=O)(O)O)ccc12. The van der Waals surface area contributed by atoms with Crippen molar-refractivity contribution in [1.29, 1.82) is 0 Å². The molecule has 20 heavy (non-hydrogen) atoms. The molecular weight excluding hydrogens is 288 g/mol. The first-order valence-corrected chi connectivity index (χ1v) is 7.71. The highest BCUT2D eigenvalue weighted by atomic mass is 31.2. The second-order valence-electron chi connectivity index (χ2n) is 4.41. The molecule has 0 fully saturated rings. The van der Waals surface area contributed by atoms with E-state index in [1.807, 2.05) is 13.0 Å². The molecule has 2 N–H and O–H groups in total. The zero-order valence-corrected chi connectivity index (χ0v) is 11.7. The lowest BCUT2D eigenvalue weighted by Crippen LogP contribution is -2.20. The van der Waals surface area contributed by atoms with Crippen LogP contribution in [0.3, 0.4) is 0 Å². The van der Waals surface area contributed by atoms with Crippen molar-refractivity contribution >= 4 is 13.1 Å². The summed E-state index contributed by atoms with van der Waals surface area (Å²) in [6.45, 7) is 0.995. The molecule has 0 amide bonds. The van der Waals surface area contributed by atoms with E-state index in [2.05, 4.69) is 10.1 Å². The number of halogens is 1. The molecule has 9 heteroatoms. The topological polar surface area (TPSA) is 97.0 Å². The molecule has 0 bridgehead atoms. The molecule has 0 spiro atoms. The van der Waals surface area contributed by atoms with Gasteiger partial charge in [-0.25, -0.2) is 13.9 Å². The van der Waals surface area contributed by atoms with Crippen LogP contribution in [0.1, 0.15) is 11.4 Å². The molecule has 0 radical (unpaired) electrons. The quantitative estimate of drug-likeness (QED) is 0.775. The maximum absolute atomic E-state index is 12.9. The van der Waals surface area contributed by atoms with Gasteiger partial charge in [0.05, 0.1) is 17.3 Å². The van der Waals surface area contributed by atoms with Crippen molar-refractivity contribution in [3.8, 4) is 0 Å². The van der Waals surface area contributed by atoms with Gasteiger partial charge >= 0.3 is 7.60 Å². The zero-order chi connectivity index (χ0) is 14.8. The van der Waals surface area contributed by atoms with Crippen molar-refractivity contribution < 1.29 is 23.5 Å². The van der Waals surface area contributed by atoms with Gasteiger partial charge in [0, 0.05) is 12.1 Å². The van der Waals surface area contributed by atoms with Crippen LogP contribution in [0.4, 0.5) is 4.39 Å². The number of hydrogen-bond acceptors (Lipinski definition) is 4. The lowest BCUT2D eigenvalue weighted by molar-refractivity contribution is 0.0552. The van der Waals surface area contributed by atoms with Gasteiger partial charge in [-0.15, -0.1) is 0 Å². The minimum Gasteiger partial charge on any atom is -0.362 e. The van der Waals surface area contributed by atoms with Crippen LogP contribution < -0.4 is 0 Å². The van der Waals surface area contributed by atoms with Crippen molar-refractivity contribution in [3.63, 3.8) is 0 Å². The van der Waals surface area contributed by atoms with E-state index < -0.39 is 26.7 Å². The Bertz CT molecular complexity index is 642. The molecule has 0 saturated heterocycles. The van der Waals surface area contributed by atoms with Gasteiger partial charge in [-0.3, -0.25) is 4.57 Å². The third kappa shape index (κ3) is 3.61. The summed E-state index contributed by atoms with van der Waals surface area (Å²) < 4.78 is 30.1. The van der Waals surface area contributed by atoms with Gasteiger partial charge in [-0.1, -0.05) is 0 Å². The third-order valence-electron chi connectivity index (χ3n) is 2.81. The molecule has 0 aromatic carbocycles. The lowest BCUT2D eigenvalue weighted by atomic mass is 10.2. The maximum atomic E-state index is 12.9. The molecular formula is C11H15FN3O4P. The van der Waals surface area contributed by atoms with E-state index in [1.165, 1.54) is 6.33 Å². The zero-order valence-electron chi connectivity index (χ0n) is 10.8. The van der Waals surface area contributed by atoms with E-state index >= 15 is 0 Å². The van der Waals surface area contributed by atoms with Crippen LogP contribution in [0, 0.1) is 6.92 Å². The number of aryl methyl sites for hydroxylation is 1. The number of rotatable bonds is 6. The van der Waals surface area contributed by atoms with Crippen LogP contribution in [0.2, 0.25) is 0 Å². The number of ether oxygens (including phenoxy) is 1. The van der Waals surface area contributed by atoms with E-state index in [1.54, 1.807) is 10.6 Å². The smallest absolute Gasteiger partial charge is 0.350 e. The maximum Gasteiger partial charge on any atom is 0.350 e. The molecule has 2 aromatic rings. The summed E-state index contributed by atoms with van der Waals surface area (Å²) in [4.78, 5) is 21.5. The first kappa shape index (κ1) is 15.1. The molecule has 1 atom stereocenters. The second-order valence-corrected chi connectivity index (χ2v) is 6.00. The van der Waals surface area contributed by atoms with Crippen LogP contribution in [0.15, 0.2) is 18.5 Å². The fourth-order valence-electron chi connectivity index (χ4n) is 1.86. The first-order valence-electron chi connectivity index (χ1n) is 5.91. The van der Waals surface area contributed by atoms with Crippen molar-refractivity contribution in [2.24, 2.45) is 0 Å². The number of aromatic nitrogens is 3. The van der Waals surface area contributed by atoms with Crippen LogP contribution in [-0.4, -0.2) is 43.5 Å². The summed E-state index contributed by atoms with van der Waals surface area (Å²) >= 11 is 0. The van der Waals surface area contributed by atoms with Crippen molar-refractivity contribution in [3.05, 3.63) is 29.8 Å². The first-order chi connectivity index (χ1) is 9.40. The highest BCUT2D eigenvalue weighted by Gasteiger charge is 2.19. The Balaban J connectivity index is 2.14. The van der Waals surface area contributed by atoms with Crippen LogP contribution in [0.5, 0.6) is 0 Å². The molecule has 0 aliphatic rings. The number of alkyl halides is 1. The van der Waals surface area contributed by atoms with E-state index in [9.17, 15) is 8.96 Å². The Hall–Kier alpha value is -1.34. The standard InChI is InChI=1S/C11H15FN3O4P/c1-8-11-3-2-9(15(11)14-6-13-8)4-10(5-12)19-7-20(16,17)18/h2-3,6,10H,4-5,7H2,1H3,(H2,16,17,18). The fourth-order valence-corrected chi connectivity index (χ4v) is 2.26. The van der Waals surface area contributed by atoms with Gasteiger partial charge in [0.2, 0.25) is 0 Å². The van der Waals surface area contributed by atoms with Crippen molar-refractivity contribution in [2.75, 3.05) is 13.0 Å². The molecule has 1 unspecified atom stereocenters. The largest absolute Gasteiger partial charge is 0.362 e. The summed E-state index contributed by atoms with van der Waals surface area (Å²) in [5.74, 6) is 0. The van der Waals surface area contributed by atoms with Crippen molar-refractivity contribution in [1.82, 2.24) is 14.6 Å². The Morgan fingerprint density at radius 2 is 2.25 bits per heavy atom. The average Bonchev–Trinajstić information content (AvgIpc) is 2.78. The molecule has 2 aromatic heterocycles. The van der Waals surface area contributed by atoms with Gasteiger partial charge in [-0.05, 0) is 19.1 Å². The highest BCUT2D eigenvalue weighted by Crippen LogP contribution is 2.34. The second kappa shape index (κ2) is 5.97. The highest BCUT2D eigenvalue weighted by molar-refractivity contribution is 7.51. The van der Waals surface area contributed by atoms with E-state index in [-0.39, 0.29) is 6.42 Å². The lowest BCUT2D eigenvalue weighted by Gasteiger charge is -2.14. The molecule has 2 rings (SSSR count). The summed E-state index contributed by atoms with van der Waals surface area (Å²) in [7, 11) is -4.30. The predicted octanol–water partition coefficient (Wildman–Crippen LogP) is 1.07. The third-order valence-corrected chi connectivity index (χ3v) is 3.30. The summed E-state index contributed by atoms with van der Waals surface area (Å²) in [6.07, 6.45) is -0.150. The summed E-state index contributed by atoms with van der Waals surface area (Å²) in [5.41, 5.74) is 2.29. The van der Waals surface area contributed by atoms with Crippen LogP contribution in [0.25, 0.3) is 5.52 Å². The Morgan fingerprint density at radius 3 is 2.90 bits per heavy atom. The number of nitrogens with zero attached hydrogens (tertiary/aromatic N) is 3. The summed E-state index contributed by atoms with van der Waals surface area (Å²) in [5, 5.41) is 4.07.